The van der Waals surface area contributed by atoms with Crippen LogP contribution in [0.3, 0.4) is 0 Å². The summed E-state index contributed by atoms with van der Waals surface area (Å²) in [6.07, 6.45) is -1.62. The monoisotopic (exact) mass is 231 g/mol. The number of nitrogens with one attached hydrogen (secondary N) is 1. The lowest BCUT2D eigenvalue weighted by Crippen LogP contribution is -2.36. The molecule has 1 heterocycles. The zero-order valence-electron chi connectivity index (χ0n) is 7.51. The number of hydrogen-bond acceptors (Lipinski definition) is 6. The number of aliphatic hydroxyl groups excluding tert-OH is 1. The second-order valence-electron chi connectivity index (χ2n) is 2.64. The summed E-state index contributed by atoms with van der Waals surface area (Å²) < 4.78 is 0. The highest BCUT2D eigenvalue weighted by Gasteiger charge is 2.16. The molecule has 1 atom stereocenters. The Hall–Kier alpha value is -1.67. The van der Waals surface area contributed by atoms with Gasteiger partial charge in [-0.3, -0.25) is 4.79 Å². The molecule has 15 heavy (non-hydrogen) atoms. The van der Waals surface area contributed by atoms with Crippen molar-refractivity contribution in [2.75, 3.05) is 12.3 Å². The van der Waals surface area contributed by atoms with Gasteiger partial charge in [-0.15, -0.1) is 11.3 Å². The van der Waals surface area contributed by atoms with Crippen LogP contribution in [0.5, 0.6) is 0 Å². The van der Waals surface area contributed by atoms with Crippen molar-refractivity contribution in [3.05, 3.63) is 11.1 Å². The first-order valence-corrected chi connectivity index (χ1v) is 4.78. The van der Waals surface area contributed by atoms with Gasteiger partial charge in [-0.2, -0.15) is 0 Å². The minimum Gasteiger partial charge on any atom is -0.479 e. The van der Waals surface area contributed by atoms with Gasteiger partial charge in [0.25, 0.3) is 5.91 Å². The molecule has 82 valence electrons. The van der Waals surface area contributed by atoms with Crippen LogP contribution < -0.4 is 11.1 Å². The van der Waals surface area contributed by atoms with Gasteiger partial charge in [0, 0.05) is 5.38 Å². The van der Waals surface area contributed by atoms with E-state index in [0.29, 0.717) is 0 Å². The molecule has 7 nitrogen and oxygen atoms in total. The number of carbonyl (C=O) groups is 2. The fraction of sp³-hybridized carbons (Fsp3) is 0.286. The first kappa shape index (κ1) is 11.4. The van der Waals surface area contributed by atoms with Crippen LogP contribution in [0.2, 0.25) is 0 Å². The fourth-order valence-corrected chi connectivity index (χ4v) is 1.30. The Morgan fingerprint density at radius 2 is 2.33 bits per heavy atom. The quantitative estimate of drug-likeness (QED) is 0.521. The summed E-state index contributed by atoms with van der Waals surface area (Å²) in [5, 5.41) is 21.1. The van der Waals surface area contributed by atoms with Gasteiger partial charge in [0.05, 0.1) is 6.54 Å². The summed E-state index contributed by atoms with van der Waals surface area (Å²) in [5.41, 5.74) is 5.41. The van der Waals surface area contributed by atoms with Crippen molar-refractivity contribution in [2.24, 2.45) is 0 Å². The van der Waals surface area contributed by atoms with E-state index in [1.54, 1.807) is 0 Å². The van der Waals surface area contributed by atoms with Crippen molar-refractivity contribution in [1.82, 2.24) is 10.3 Å². The normalized spacial score (nSPS) is 12.1. The number of amides is 1. The van der Waals surface area contributed by atoms with Crippen molar-refractivity contribution >= 4 is 28.3 Å². The molecule has 1 amide bonds. The van der Waals surface area contributed by atoms with Gasteiger partial charge < -0.3 is 21.3 Å². The molecule has 0 saturated carbocycles. The van der Waals surface area contributed by atoms with Crippen molar-refractivity contribution in [2.45, 2.75) is 6.10 Å². The third kappa shape index (κ3) is 3.18. The van der Waals surface area contributed by atoms with Gasteiger partial charge in [-0.05, 0) is 0 Å². The summed E-state index contributed by atoms with van der Waals surface area (Å²) in [7, 11) is 0. The van der Waals surface area contributed by atoms with E-state index < -0.39 is 18.0 Å². The molecule has 0 radical (unpaired) electrons. The molecular formula is C7H9N3O4S. The van der Waals surface area contributed by atoms with E-state index in [0.717, 1.165) is 11.3 Å². The molecule has 0 fully saturated rings. The number of nitrogens with two attached hydrogens (primary N) is 1. The van der Waals surface area contributed by atoms with E-state index >= 15 is 0 Å². The number of nitrogens with zero attached hydrogens (tertiary/aromatic N) is 1. The summed E-state index contributed by atoms with van der Waals surface area (Å²) in [5.74, 6) is -1.96. The van der Waals surface area contributed by atoms with E-state index in [1.165, 1.54) is 5.38 Å². The molecule has 0 saturated heterocycles. The molecule has 1 aromatic heterocycles. The third-order valence-electron chi connectivity index (χ3n) is 1.50. The van der Waals surface area contributed by atoms with E-state index in [4.69, 9.17) is 15.9 Å². The number of aliphatic carboxylic acids is 1. The highest BCUT2D eigenvalue weighted by Crippen LogP contribution is 2.10. The summed E-state index contributed by atoms with van der Waals surface area (Å²) in [6.45, 7) is -0.369. The zero-order valence-corrected chi connectivity index (χ0v) is 8.32. The summed E-state index contributed by atoms with van der Waals surface area (Å²) in [4.78, 5) is 25.2. The number of aromatic nitrogens is 1. The number of thiazole rings is 1. The minimum atomic E-state index is -1.62. The van der Waals surface area contributed by atoms with Crippen LogP contribution in [0.15, 0.2) is 5.38 Å². The highest BCUT2D eigenvalue weighted by molar-refractivity contribution is 7.13. The first-order chi connectivity index (χ1) is 7.00. The average molecular weight is 231 g/mol. The Labute approximate surface area is 88.6 Å². The molecule has 5 N–H and O–H groups in total. The van der Waals surface area contributed by atoms with Crippen LogP contribution in [-0.4, -0.2) is 39.7 Å². The maximum Gasteiger partial charge on any atom is 0.334 e. The Balaban J connectivity index is 2.47. The average Bonchev–Trinajstić information content (AvgIpc) is 2.60. The number of carboxylic acids is 1. The molecule has 0 aliphatic heterocycles. The SMILES string of the molecule is Nc1nc(C(=O)NCC(O)C(=O)O)cs1. The zero-order chi connectivity index (χ0) is 11.4. The molecule has 1 unspecified atom stereocenters. The van der Waals surface area contributed by atoms with Gasteiger partial charge in [0.2, 0.25) is 0 Å². The Morgan fingerprint density at radius 1 is 1.67 bits per heavy atom. The van der Waals surface area contributed by atoms with Gasteiger partial charge in [-0.1, -0.05) is 0 Å². The molecule has 0 bridgehead atoms. The Kier molecular flexibility index (Phi) is 3.58. The van der Waals surface area contributed by atoms with Crippen molar-refractivity contribution in [3.8, 4) is 0 Å². The number of carbonyl (C=O) groups excluding carboxylic acids is 1. The van der Waals surface area contributed by atoms with Crippen LogP contribution in [0, 0.1) is 0 Å². The highest BCUT2D eigenvalue weighted by atomic mass is 32.1. The van der Waals surface area contributed by atoms with Crippen LogP contribution in [-0.2, 0) is 4.79 Å². The predicted molar refractivity (Wildman–Crippen MR) is 52.5 cm³/mol. The number of hydrogen-bond donors (Lipinski definition) is 4. The first-order valence-electron chi connectivity index (χ1n) is 3.90. The maximum absolute atomic E-state index is 11.3. The minimum absolute atomic E-state index is 0.107. The predicted octanol–water partition coefficient (Wildman–Crippen LogP) is -1.10. The van der Waals surface area contributed by atoms with Gasteiger partial charge in [-0.25, -0.2) is 9.78 Å². The van der Waals surface area contributed by atoms with E-state index in [9.17, 15) is 9.59 Å². The molecule has 0 aliphatic carbocycles. The van der Waals surface area contributed by atoms with Gasteiger partial charge in [0.15, 0.2) is 11.2 Å². The molecule has 0 aromatic carbocycles. The molecule has 8 heteroatoms. The van der Waals surface area contributed by atoms with Crippen LogP contribution in [0.25, 0.3) is 0 Å². The summed E-state index contributed by atoms with van der Waals surface area (Å²) >= 11 is 1.10. The third-order valence-corrected chi connectivity index (χ3v) is 2.17. The lowest BCUT2D eigenvalue weighted by molar-refractivity contribution is -0.146. The number of nitrogen functional groups attached to an aromatic ring is 1. The number of carboxylic acid groups (broad SMARTS) is 1. The molecule has 1 rings (SSSR count). The van der Waals surface area contributed by atoms with E-state index in [-0.39, 0.29) is 17.4 Å². The number of anilines is 1. The largest absolute Gasteiger partial charge is 0.479 e. The smallest absolute Gasteiger partial charge is 0.334 e. The lowest BCUT2D eigenvalue weighted by Gasteiger charge is -2.05. The van der Waals surface area contributed by atoms with Crippen LogP contribution in [0.1, 0.15) is 10.5 Å². The van der Waals surface area contributed by atoms with E-state index in [1.807, 2.05) is 0 Å². The molecular weight excluding hydrogens is 222 g/mol. The van der Waals surface area contributed by atoms with Crippen molar-refractivity contribution < 1.29 is 19.8 Å². The van der Waals surface area contributed by atoms with Gasteiger partial charge >= 0.3 is 5.97 Å². The Morgan fingerprint density at radius 3 is 2.80 bits per heavy atom. The van der Waals surface area contributed by atoms with Crippen LogP contribution >= 0.6 is 11.3 Å². The topological polar surface area (TPSA) is 126 Å². The Bertz CT molecular complexity index is 378. The number of rotatable bonds is 4. The molecule has 1 aromatic rings. The van der Waals surface area contributed by atoms with Crippen molar-refractivity contribution in [3.63, 3.8) is 0 Å². The second kappa shape index (κ2) is 4.71. The van der Waals surface area contributed by atoms with Crippen molar-refractivity contribution in [1.29, 1.82) is 0 Å². The van der Waals surface area contributed by atoms with E-state index in [2.05, 4.69) is 10.3 Å². The lowest BCUT2D eigenvalue weighted by atomic mass is 10.3. The van der Waals surface area contributed by atoms with Gasteiger partial charge in [0.1, 0.15) is 5.69 Å². The second-order valence-corrected chi connectivity index (χ2v) is 3.52. The number of aliphatic hydroxyl groups is 1. The van der Waals surface area contributed by atoms with Crippen LogP contribution in [0.4, 0.5) is 5.13 Å². The maximum atomic E-state index is 11.3. The fourth-order valence-electron chi connectivity index (χ4n) is 0.759. The molecule has 0 aliphatic rings. The molecule has 0 spiro atoms. The summed E-state index contributed by atoms with van der Waals surface area (Å²) in [6, 6.07) is 0. The standard InChI is InChI=1S/C7H9N3O4S/c8-7-10-3(2-15-7)5(12)9-1-4(11)6(13)14/h2,4,11H,1H2,(H2,8,10)(H,9,12)(H,13,14).